The minimum absolute atomic E-state index is 0.463. The minimum atomic E-state index is 0.463. The van der Waals surface area contributed by atoms with Gasteiger partial charge in [0.1, 0.15) is 5.75 Å². The average molecular weight is 190 g/mol. The van der Waals surface area contributed by atoms with Crippen LogP contribution in [0.3, 0.4) is 0 Å². The normalized spacial score (nSPS) is 19.9. The van der Waals surface area contributed by atoms with Gasteiger partial charge in [-0.05, 0) is 30.9 Å². The summed E-state index contributed by atoms with van der Waals surface area (Å²) in [5, 5.41) is 0. The van der Waals surface area contributed by atoms with Crippen molar-refractivity contribution in [3.63, 3.8) is 0 Å². The van der Waals surface area contributed by atoms with Crippen molar-refractivity contribution < 1.29 is 4.74 Å². The van der Waals surface area contributed by atoms with Gasteiger partial charge in [0, 0.05) is 0 Å². The number of ether oxygens (including phenoxy) is 1. The Morgan fingerprint density at radius 3 is 3.07 bits per heavy atom. The highest BCUT2D eigenvalue weighted by molar-refractivity contribution is 5.34. The molecule has 1 aromatic carbocycles. The van der Waals surface area contributed by atoms with Crippen LogP contribution in [-0.2, 0) is 6.42 Å². The van der Waals surface area contributed by atoms with Crippen LogP contribution in [0, 0.1) is 0 Å². The summed E-state index contributed by atoms with van der Waals surface area (Å²) in [6.07, 6.45) is 6.60. The first-order chi connectivity index (χ1) is 6.90. The van der Waals surface area contributed by atoms with Crippen molar-refractivity contribution >= 4 is 0 Å². The molecule has 0 N–H and O–H groups in total. The van der Waals surface area contributed by atoms with Gasteiger partial charge in [-0.25, -0.2) is 0 Å². The standard InChI is InChI=1S/C13H18O/c1-2-3-7-12-10-9-11-6-4-5-8-13(11)14-12/h4-6,8,12H,2-3,7,9-10H2,1H3. The number of para-hydroxylation sites is 1. The molecule has 1 atom stereocenters. The monoisotopic (exact) mass is 190 g/mol. The zero-order chi connectivity index (χ0) is 9.80. The maximum absolute atomic E-state index is 5.93. The van der Waals surface area contributed by atoms with E-state index in [9.17, 15) is 0 Å². The van der Waals surface area contributed by atoms with Crippen LogP contribution in [0.25, 0.3) is 0 Å². The third-order valence-corrected chi connectivity index (χ3v) is 2.88. The van der Waals surface area contributed by atoms with E-state index in [2.05, 4.69) is 31.2 Å². The van der Waals surface area contributed by atoms with E-state index in [1.807, 2.05) is 0 Å². The number of hydrogen-bond acceptors (Lipinski definition) is 1. The fourth-order valence-corrected chi connectivity index (χ4v) is 2.02. The van der Waals surface area contributed by atoms with Gasteiger partial charge in [-0.15, -0.1) is 0 Å². The first kappa shape index (κ1) is 9.57. The van der Waals surface area contributed by atoms with Crippen molar-refractivity contribution in [2.45, 2.75) is 45.1 Å². The van der Waals surface area contributed by atoms with Crippen LogP contribution in [0.5, 0.6) is 5.75 Å². The summed E-state index contributed by atoms with van der Waals surface area (Å²) in [5.41, 5.74) is 1.38. The summed E-state index contributed by atoms with van der Waals surface area (Å²) in [6, 6.07) is 8.41. The topological polar surface area (TPSA) is 9.23 Å². The maximum Gasteiger partial charge on any atom is 0.122 e. The molecule has 0 fully saturated rings. The van der Waals surface area contributed by atoms with Crippen molar-refractivity contribution in [2.75, 3.05) is 0 Å². The van der Waals surface area contributed by atoms with Gasteiger partial charge in [-0.1, -0.05) is 38.0 Å². The van der Waals surface area contributed by atoms with Crippen LogP contribution in [-0.4, -0.2) is 6.10 Å². The number of benzene rings is 1. The molecule has 0 bridgehead atoms. The highest BCUT2D eigenvalue weighted by atomic mass is 16.5. The smallest absolute Gasteiger partial charge is 0.122 e. The minimum Gasteiger partial charge on any atom is -0.490 e. The van der Waals surface area contributed by atoms with E-state index < -0.39 is 0 Å². The maximum atomic E-state index is 5.93. The number of hydrogen-bond donors (Lipinski definition) is 0. The molecule has 0 saturated heterocycles. The molecule has 1 aromatic rings. The zero-order valence-corrected chi connectivity index (χ0v) is 8.83. The van der Waals surface area contributed by atoms with Crippen LogP contribution in [0.4, 0.5) is 0 Å². The third-order valence-electron chi connectivity index (χ3n) is 2.88. The Labute approximate surface area is 86.1 Å². The second-order valence-corrected chi connectivity index (χ2v) is 4.03. The summed E-state index contributed by atoms with van der Waals surface area (Å²) in [7, 11) is 0. The Balaban J connectivity index is 1.99. The summed E-state index contributed by atoms with van der Waals surface area (Å²) >= 11 is 0. The Morgan fingerprint density at radius 2 is 2.21 bits per heavy atom. The molecule has 1 aliphatic heterocycles. The van der Waals surface area contributed by atoms with E-state index >= 15 is 0 Å². The third kappa shape index (κ3) is 2.09. The van der Waals surface area contributed by atoms with Crippen molar-refractivity contribution in [2.24, 2.45) is 0 Å². The number of fused-ring (bicyclic) bond motifs is 1. The van der Waals surface area contributed by atoms with Crippen molar-refractivity contribution in [3.05, 3.63) is 29.8 Å². The molecule has 0 aromatic heterocycles. The lowest BCUT2D eigenvalue weighted by Gasteiger charge is -2.25. The molecule has 14 heavy (non-hydrogen) atoms. The van der Waals surface area contributed by atoms with E-state index in [1.165, 1.54) is 37.7 Å². The van der Waals surface area contributed by atoms with Gasteiger partial charge in [-0.2, -0.15) is 0 Å². The summed E-state index contributed by atoms with van der Waals surface area (Å²) in [6.45, 7) is 2.23. The van der Waals surface area contributed by atoms with Crippen molar-refractivity contribution in [3.8, 4) is 5.75 Å². The molecule has 76 valence electrons. The Morgan fingerprint density at radius 1 is 1.36 bits per heavy atom. The van der Waals surface area contributed by atoms with Crippen molar-refractivity contribution in [1.82, 2.24) is 0 Å². The fraction of sp³-hybridized carbons (Fsp3) is 0.538. The van der Waals surface area contributed by atoms with Crippen molar-refractivity contribution in [1.29, 1.82) is 0 Å². The molecule has 0 aliphatic carbocycles. The molecule has 0 radical (unpaired) electrons. The lowest BCUT2D eigenvalue weighted by molar-refractivity contribution is 0.161. The van der Waals surface area contributed by atoms with Gasteiger partial charge in [-0.3, -0.25) is 0 Å². The van der Waals surface area contributed by atoms with E-state index in [4.69, 9.17) is 4.74 Å². The molecule has 1 unspecified atom stereocenters. The second kappa shape index (κ2) is 4.50. The summed E-state index contributed by atoms with van der Waals surface area (Å²) in [5.74, 6) is 1.11. The van der Waals surface area contributed by atoms with Gasteiger partial charge in [0.15, 0.2) is 0 Å². The van der Waals surface area contributed by atoms with E-state index in [1.54, 1.807) is 0 Å². The SMILES string of the molecule is CCCCC1CCc2ccccc2O1. The molecular weight excluding hydrogens is 172 g/mol. The zero-order valence-electron chi connectivity index (χ0n) is 8.83. The van der Waals surface area contributed by atoms with Crippen LogP contribution < -0.4 is 4.74 Å². The number of rotatable bonds is 3. The van der Waals surface area contributed by atoms with E-state index in [-0.39, 0.29) is 0 Å². The molecule has 0 amide bonds. The molecule has 2 rings (SSSR count). The quantitative estimate of drug-likeness (QED) is 0.708. The van der Waals surface area contributed by atoms with Gasteiger partial charge in [0.05, 0.1) is 6.10 Å². The molecular formula is C13H18O. The largest absolute Gasteiger partial charge is 0.490 e. The van der Waals surface area contributed by atoms with E-state index in [0.717, 1.165) is 5.75 Å². The van der Waals surface area contributed by atoms with Crippen LogP contribution in [0.2, 0.25) is 0 Å². The first-order valence-corrected chi connectivity index (χ1v) is 5.64. The molecule has 0 spiro atoms. The molecule has 0 saturated carbocycles. The number of aryl methyl sites for hydroxylation is 1. The Kier molecular flexibility index (Phi) is 3.07. The molecule has 1 heteroatoms. The summed E-state index contributed by atoms with van der Waals surface area (Å²) < 4.78 is 5.93. The van der Waals surface area contributed by atoms with Gasteiger partial charge < -0.3 is 4.74 Å². The fourth-order valence-electron chi connectivity index (χ4n) is 2.02. The van der Waals surface area contributed by atoms with Crippen LogP contribution >= 0.6 is 0 Å². The first-order valence-electron chi connectivity index (χ1n) is 5.64. The average Bonchev–Trinajstić information content (AvgIpc) is 2.26. The predicted octanol–water partition coefficient (Wildman–Crippen LogP) is 3.57. The Bertz CT molecular complexity index is 293. The molecule has 1 heterocycles. The highest BCUT2D eigenvalue weighted by Gasteiger charge is 2.18. The lowest BCUT2D eigenvalue weighted by Crippen LogP contribution is -2.22. The lowest BCUT2D eigenvalue weighted by atomic mass is 9.99. The van der Waals surface area contributed by atoms with Gasteiger partial charge >= 0.3 is 0 Å². The second-order valence-electron chi connectivity index (χ2n) is 4.03. The molecule has 1 aliphatic rings. The van der Waals surface area contributed by atoms with Gasteiger partial charge in [0.25, 0.3) is 0 Å². The van der Waals surface area contributed by atoms with Crippen LogP contribution in [0.15, 0.2) is 24.3 Å². The van der Waals surface area contributed by atoms with E-state index in [0.29, 0.717) is 6.10 Å². The van der Waals surface area contributed by atoms with Gasteiger partial charge in [0.2, 0.25) is 0 Å². The Hall–Kier alpha value is -0.980. The molecule has 1 nitrogen and oxygen atoms in total. The predicted molar refractivity (Wildman–Crippen MR) is 58.7 cm³/mol. The summed E-state index contributed by atoms with van der Waals surface area (Å²) in [4.78, 5) is 0. The van der Waals surface area contributed by atoms with Crippen LogP contribution in [0.1, 0.15) is 38.2 Å². The highest BCUT2D eigenvalue weighted by Crippen LogP contribution is 2.28. The number of unbranched alkanes of at least 4 members (excludes halogenated alkanes) is 1.